The van der Waals surface area contributed by atoms with E-state index in [4.69, 9.17) is 14.5 Å². The van der Waals surface area contributed by atoms with Gasteiger partial charge in [-0.2, -0.15) is 0 Å². The monoisotopic (exact) mass is 337 g/mol. The van der Waals surface area contributed by atoms with E-state index in [2.05, 4.69) is 15.5 Å². The number of para-hydroxylation sites is 2. The maximum Gasteiger partial charge on any atom is 0.337 e. The van der Waals surface area contributed by atoms with E-state index in [0.717, 1.165) is 35.6 Å². The summed E-state index contributed by atoms with van der Waals surface area (Å²) in [6.07, 6.45) is 0. The Hall–Kier alpha value is -3.02. The van der Waals surface area contributed by atoms with Crippen LogP contribution in [0.15, 0.2) is 42.5 Å². The van der Waals surface area contributed by atoms with Gasteiger partial charge in [0.25, 0.3) is 0 Å². The van der Waals surface area contributed by atoms with Crippen LogP contribution in [0.25, 0.3) is 11.0 Å². The molecule has 3 aromatic rings. The van der Waals surface area contributed by atoms with Gasteiger partial charge in [-0.25, -0.2) is 9.78 Å². The third-order valence-electron chi connectivity index (χ3n) is 4.58. The van der Waals surface area contributed by atoms with E-state index < -0.39 is 0 Å². The molecule has 0 saturated carbocycles. The number of aromatic nitrogens is 2. The van der Waals surface area contributed by atoms with Crippen molar-refractivity contribution in [2.24, 2.45) is 0 Å². The predicted molar refractivity (Wildman–Crippen MR) is 95.1 cm³/mol. The number of fused-ring (bicyclic) bond motifs is 3. The average Bonchev–Trinajstić information content (AvgIpc) is 3.21. The van der Waals surface area contributed by atoms with Crippen molar-refractivity contribution in [3.63, 3.8) is 0 Å². The van der Waals surface area contributed by atoms with E-state index >= 15 is 0 Å². The highest BCUT2D eigenvalue weighted by atomic mass is 16.5. The first kappa shape index (κ1) is 15.5. The zero-order valence-corrected chi connectivity index (χ0v) is 14.2. The molecule has 128 valence electrons. The second kappa shape index (κ2) is 6.12. The lowest BCUT2D eigenvalue weighted by molar-refractivity contribution is 0.0600. The van der Waals surface area contributed by atoms with Crippen molar-refractivity contribution in [3.8, 4) is 5.75 Å². The maximum atomic E-state index is 11.7. The third-order valence-corrected chi connectivity index (χ3v) is 4.58. The number of carbonyl (C=O) groups is 1. The molecule has 25 heavy (non-hydrogen) atoms. The van der Waals surface area contributed by atoms with Gasteiger partial charge in [0.05, 0.1) is 30.8 Å². The van der Waals surface area contributed by atoms with Gasteiger partial charge < -0.3 is 18.9 Å². The zero-order valence-electron chi connectivity index (χ0n) is 14.2. The van der Waals surface area contributed by atoms with Crippen molar-refractivity contribution < 1.29 is 14.3 Å². The first-order valence-corrected chi connectivity index (χ1v) is 8.16. The van der Waals surface area contributed by atoms with E-state index in [-0.39, 0.29) is 5.97 Å². The second-order valence-corrected chi connectivity index (χ2v) is 5.99. The highest BCUT2D eigenvalue weighted by Gasteiger charge is 2.24. The topological polar surface area (TPSA) is 56.6 Å². The van der Waals surface area contributed by atoms with Gasteiger partial charge in [-0.05, 0) is 24.3 Å². The molecular weight excluding hydrogens is 318 g/mol. The molecule has 2 heterocycles. The number of anilines is 1. The van der Waals surface area contributed by atoms with Crippen LogP contribution in [-0.4, -0.2) is 36.3 Å². The fraction of sp³-hybridized carbons (Fsp3) is 0.263. The lowest BCUT2D eigenvalue weighted by atomic mass is 10.1. The Bertz CT molecular complexity index is 948. The molecule has 1 aromatic heterocycles. The molecule has 1 aliphatic heterocycles. The average molecular weight is 337 g/mol. The van der Waals surface area contributed by atoms with E-state index in [0.29, 0.717) is 17.9 Å². The van der Waals surface area contributed by atoms with Crippen molar-refractivity contribution in [2.75, 3.05) is 25.7 Å². The molecule has 0 fully saturated rings. The Kier molecular flexibility index (Phi) is 3.80. The molecule has 6 heteroatoms. The van der Waals surface area contributed by atoms with Crippen LogP contribution in [0.2, 0.25) is 0 Å². The fourth-order valence-electron chi connectivity index (χ4n) is 3.32. The Morgan fingerprint density at radius 2 is 2.00 bits per heavy atom. The van der Waals surface area contributed by atoms with E-state index in [9.17, 15) is 4.79 Å². The summed E-state index contributed by atoms with van der Waals surface area (Å²) < 4.78 is 12.5. The van der Waals surface area contributed by atoms with Crippen LogP contribution in [-0.2, 0) is 17.8 Å². The molecule has 1 aliphatic rings. The molecule has 0 radical (unpaired) electrons. The maximum absolute atomic E-state index is 11.7. The Labute approximate surface area is 145 Å². The predicted octanol–water partition coefficient (Wildman–Crippen LogP) is 2.85. The van der Waals surface area contributed by atoms with Crippen LogP contribution >= 0.6 is 0 Å². The number of hydrogen-bond donors (Lipinski definition) is 0. The molecule has 0 unspecified atom stereocenters. The van der Waals surface area contributed by atoms with Gasteiger partial charge in [-0.3, -0.25) is 0 Å². The lowest BCUT2D eigenvalue weighted by Gasteiger charge is -2.18. The number of carbonyl (C=O) groups excluding carboxylic acids is 1. The molecular formula is C19H19N3O3. The van der Waals surface area contributed by atoms with Crippen molar-refractivity contribution in [1.29, 1.82) is 0 Å². The van der Waals surface area contributed by atoms with Gasteiger partial charge in [0, 0.05) is 25.2 Å². The summed E-state index contributed by atoms with van der Waals surface area (Å²) in [4.78, 5) is 18.7. The number of nitrogens with zero attached hydrogens (tertiary/aromatic N) is 3. The number of methoxy groups -OCH3 is 2. The summed E-state index contributed by atoms with van der Waals surface area (Å²) in [5.74, 6) is 1.28. The quantitative estimate of drug-likeness (QED) is 0.685. The van der Waals surface area contributed by atoms with Gasteiger partial charge in [-0.15, -0.1) is 0 Å². The van der Waals surface area contributed by atoms with Gasteiger partial charge in [0.1, 0.15) is 5.75 Å². The van der Waals surface area contributed by atoms with Gasteiger partial charge >= 0.3 is 5.97 Å². The molecule has 0 bridgehead atoms. The van der Waals surface area contributed by atoms with E-state index in [1.807, 2.05) is 24.3 Å². The summed E-state index contributed by atoms with van der Waals surface area (Å²) in [5, 5.41) is 0. The second-order valence-electron chi connectivity index (χ2n) is 5.99. The smallest absolute Gasteiger partial charge is 0.337 e. The van der Waals surface area contributed by atoms with Gasteiger partial charge in [-0.1, -0.05) is 18.2 Å². The third kappa shape index (κ3) is 2.59. The van der Waals surface area contributed by atoms with Gasteiger partial charge in [0.15, 0.2) is 0 Å². The Morgan fingerprint density at radius 1 is 1.16 bits per heavy atom. The first-order chi connectivity index (χ1) is 12.2. The number of imidazole rings is 1. The van der Waals surface area contributed by atoms with Crippen molar-refractivity contribution in [2.45, 2.75) is 13.1 Å². The summed E-state index contributed by atoms with van der Waals surface area (Å²) in [5.41, 5.74) is 3.66. The molecule has 2 aromatic carbocycles. The summed E-state index contributed by atoms with van der Waals surface area (Å²) in [6, 6.07) is 13.6. The lowest BCUT2D eigenvalue weighted by Crippen LogP contribution is -2.21. The van der Waals surface area contributed by atoms with Crippen LogP contribution in [0.4, 0.5) is 5.95 Å². The highest BCUT2D eigenvalue weighted by Crippen LogP contribution is 2.30. The highest BCUT2D eigenvalue weighted by molar-refractivity contribution is 5.90. The molecule has 4 rings (SSSR count). The zero-order chi connectivity index (χ0) is 17.4. The van der Waals surface area contributed by atoms with Crippen LogP contribution in [0, 0.1) is 0 Å². The molecule has 0 spiro atoms. The standard InChI is InChI=1S/C19H19N3O3/c1-24-17-11-13(18(23)25-2)7-8-14(17)12-21-9-10-22-16-6-4-3-5-15(16)20-19(21)22/h3-8,11H,9-10,12H2,1-2H3. The molecule has 0 atom stereocenters. The molecule has 0 saturated heterocycles. The molecule has 0 N–H and O–H groups in total. The molecule has 0 amide bonds. The van der Waals surface area contributed by atoms with Crippen LogP contribution in [0.3, 0.4) is 0 Å². The number of benzene rings is 2. The van der Waals surface area contributed by atoms with Crippen LogP contribution in [0.5, 0.6) is 5.75 Å². The van der Waals surface area contributed by atoms with Crippen molar-refractivity contribution in [1.82, 2.24) is 9.55 Å². The molecule has 0 aliphatic carbocycles. The minimum Gasteiger partial charge on any atom is -0.496 e. The Morgan fingerprint density at radius 3 is 2.80 bits per heavy atom. The fourth-order valence-corrected chi connectivity index (χ4v) is 3.32. The number of ether oxygens (including phenoxy) is 2. The SMILES string of the molecule is COC(=O)c1ccc(CN2CCn3c2nc2ccccc23)c(OC)c1. The van der Waals surface area contributed by atoms with Crippen LogP contribution < -0.4 is 9.64 Å². The Balaban J connectivity index is 1.65. The largest absolute Gasteiger partial charge is 0.496 e. The van der Waals surface area contributed by atoms with E-state index in [1.165, 1.54) is 7.11 Å². The summed E-state index contributed by atoms with van der Waals surface area (Å²) in [6.45, 7) is 2.49. The van der Waals surface area contributed by atoms with Gasteiger partial charge in [0.2, 0.25) is 5.95 Å². The number of esters is 1. The minimum atomic E-state index is -0.368. The summed E-state index contributed by atoms with van der Waals surface area (Å²) >= 11 is 0. The van der Waals surface area contributed by atoms with Crippen molar-refractivity contribution >= 4 is 23.0 Å². The number of rotatable bonds is 4. The molecule has 6 nitrogen and oxygen atoms in total. The minimum absolute atomic E-state index is 0.368. The van der Waals surface area contributed by atoms with Crippen molar-refractivity contribution in [3.05, 3.63) is 53.6 Å². The number of hydrogen-bond acceptors (Lipinski definition) is 5. The normalized spacial score (nSPS) is 13.1. The van der Waals surface area contributed by atoms with Crippen LogP contribution in [0.1, 0.15) is 15.9 Å². The first-order valence-electron chi connectivity index (χ1n) is 8.16. The van der Waals surface area contributed by atoms with E-state index in [1.54, 1.807) is 19.2 Å². The summed E-state index contributed by atoms with van der Waals surface area (Å²) in [7, 11) is 2.98.